The number of fused-ring (bicyclic) bond motifs is 1. The maximum atomic E-state index is 11.7. The monoisotopic (exact) mass is 231 g/mol. The van der Waals surface area contributed by atoms with Gasteiger partial charge in [-0.05, 0) is 24.6 Å². The summed E-state index contributed by atoms with van der Waals surface area (Å²) in [5, 5.41) is 6.09. The normalized spacial score (nSPS) is 13.2. The zero-order valence-electron chi connectivity index (χ0n) is 10.2. The lowest BCUT2D eigenvalue weighted by atomic mass is 10.1. The summed E-state index contributed by atoms with van der Waals surface area (Å²) < 4.78 is 0. The van der Waals surface area contributed by atoms with Crippen molar-refractivity contribution in [3.8, 4) is 0 Å². The fraction of sp³-hybridized carbons (Fsp3) is 0.308. The number of urea groups is 1. The van der Waals surface area contributed by atoms with Crippen molar-refractivity contribution in [1.82, 2.24) is 10.2 Å². The van der Waals surface area contributed by atoms with Crippen LogP contribution in [0.4, 0.5) is 10.5 Å². The van der Waals surface area contributed by atoms with Crippen LogP contribution in [0.15, 0.2) is 30.0 Å². The number of nitrogens with one attached hydrogen (secondary N) is 2. The Labute approximate surface area is 101 Å². The molecule has 2 rings (SSSR count). The Morgan fingerprint density at radius 1 is 1.47 bits per heavy atom. The first-order valence-corrected chi connectivity index (χ1v) is 5.77. The van der Waals surface area contributed by atoms with Crippen LogP contribution < -0.4 is 10.6 Å². The Balaban J connectivity index is 2.19. The molecular formula is C13H17N3O. The molecule has 0 aromatic heterocycles. The minimum atomic E-state index is -0.0695. The summed E-state index contributed by atoms with van der Waals surface area (Å²) in [5.74, 6) is 0. The first-order valence-electron chi connectivity index (χ1n) is 5.77. The van der Waals surface area contributed by atoms with Crippen molar-refractivity contribution in [2.24, 2.45) is 0 Å². The zero-order valence-corrected chi connectivity index (χ0v) is 10.2. The van der Waals surface area contributed by atoms with Crippen molar-refractivity contribution in [3.05, 3.63) is 35.5 Å². The Hall–Kier alpha value is -1.97. The van der Waals surface area contributed by atoms with Crippen LogP contribution in [0.1, 0.15) is 12.5 Å². The molecule has 0 spiro atoms. The van der Waals surface area contributed by atoms with Crippen LogP contribution in [0.2, 0.25) is 0 Å². The lowest BCUT2D eigenvalue weighted by Crippen LogP contribution is -2.38. The number of carbonyl (C=O) groups is 1. The van der Waals surface area contributed by atoms with E-state index in [0.29, 0.717) is 13.1 Å². The molecule has 17 heavy (non-hydrogen) atoms. The number of anilines is 1. The standard InChI is InChI=1S/C13H17N3O/c1-3-14-13(17)16(2)11-8-10-6-4-5-7-12(10)15-9-11/h4-8,15H,3,9H2,1-2H3,(H,14,17). The van der Waals surface area contributed by atoms with E-state index in [-0.39, 0.29) is 6.03 Å². The number of nitrogens with zero attached hydrogens (tertiary/aromatic N) is 1. The lowest BCUT2D eigenvalue weighted by Gasteiger charge is -2.25. The van der Waals surface area contributed by atoms with E-state index in [1.165, 1.54) is 0 Å². The molecule has 0 saturated carbocycles. The summed E-state index contributed by atoms with van der Waals surface area (Å²) in [6.45, 7) is 3.22. The number of likely N-dealkylation sites (N-methyl/N-ethyl adjacent to an activating group) is 1. The third kappa shape index (κ3) is 2.41. The third-order valence-corrected chi connectivity index (χ3v) is 2.81. The van der Waals surface area contributed by atoms with Gasteiger partial charge in [-0.1, -0.05) is 18.2 Å². The second-order valence-electron chi connectivity index (χ2n) is 3.97. The van der Waals surface area contributed by atoms with Crippen LogP contribution in [-0.2, 0) is 0 Å². The molecule has 0 radical (unpaired) electrons. The maximum Gasteiger partial charge on any atom is 0.321 e. The maximum absolute atomic E-state index is 11.7. The van der Waals surface area contributed by atoms with Crippen molar-refractivity contribution in [3.63, 3.8) is 0 Å². The van der Waals surface area contributed by atoms with Gasteiger partial charge in [-0.25, -0.2) is 4.79 Å². The predicted molar refractivity (Wildman–Crippen MR) is 69.7 cm³/mol. The van der Waals surface area contributed by atoms with Gasteiger partial charge in [-0.2, -0.15) is 0 Å². The molecule has 0 fully saturated rings. The van der Waals surface area contributed by atoms with E-state index in [0.717, 1.165) is 16.9 Å². The van der Waals surface area contributed by atoms with E-state index >= 15 is 0 Å². The molecule has 1 heterocycles. The van der Waals surface area contributed by atoms with Gasteiger partial charge >= 0.3 is 6.03 Å². The predicted octanol–water partition coefficient (Wildman–Crippen LogP) is 2.11. The molecule has 0 atom stereocenters. The highest BCUT2D eigenvalue weighted by molar-refractivity contribution is 5.80. The molecule has 0 aliphatic carbocycles. The second kappa shape index (κ2) is 4.91. The summed E-state index contributed by atoms with van der Waals surface area (Å²) in [6.07, 6.45) is 2.04. The van der Waals surface area contributed by atoms with E-state index in [1.54, 1.807) is 11.9 Å². The topological polar surface area (TPSA) is 44.4 Å². The van der Waals surface area contributed by atoms with Gasteiger partial charge in [0.25, 0.3) is 0 Å². The molecule has 1 aromatic carbocycles. The molecule has 90 valence electrons. The van der Waals surface area contributed by atoms with Crippen molar-refractivity contribution in [1.29, 1.82) is 0 Å². The second-order valence-corrected chi connectivity index (χ2v) is 3.97. The lowest BCUT2D eigenvalue weighted by molar-refractivity contribution is 0.219. The number of benzene rings is 1. The zero-order chi connectivity index (χ0) is 12.3. The minimum absolute atomic E-state index is 0.0695. The van der Waals surface area contributed by atoms with E-state index in [9.17, 15) is 4.79 Å². The fourth-order valence-corrected chi connectivity index (χ4v) is 1.82. The summed E-state index contributed by atoms with van der Waals surface area (Å²) in [5.41, 5.74) is 3.19. The average Bonchev–Trinajstić information content (AvgIpc) is 2.37. The van der Waals surface area contributed by atoms with Gasteiger partial charge in [0.1, 0.15) is 0 Å². The molecule has 0 unspecified atom stereocenters. The molecule has 0 saturated heterocycles. The van der Waals surface area contributed by atoms with Crippen LogP contribution in [0, 0.1) is 0 Å². The molecule has 2 amide bonds. The van der Waals surface area contributed by atoms with Gasteiger partial charge in [-0.3, -0.25) is 4.90 Å². The Bertz CT molecular complexity index is 454. The van der Waals surface area contributed by atoms with Crippen LogP contribution in [0.3, 0.4) is 0 Å². The molecular weight excluding hydrogens is 214 g/mol. The number of carbonyl (C=O) groups excluding carboxylic acids is 1. The van der Waals surface area contributed by atoms with E-state index in [1.807, 2.05) is 37.3 Å². The molecule has 1 aliphatic heterocycles. The molecule has 0 bridgehead atoms. The van der Waals surface area contributed by atoms with Crippen molar-refractivity contribution < 1.29 is 4.79 Å². The van der Waals surface area contributed by atoms with Crippen molar-refractivity contribution in [2.45, 2.75) is 6.92 Å². The highest BCUT2D eigenvalue weighted by atomic mass is 16.2. The third-order valence-electron chi connectivity index (χ3n) is 2.81. The van der Waals surface area contributed by atoms with Gasteiger partial charge in [0.15, 0.2) is 0 Å². The van der Waals surface area contributed by atoms with Gasteiger partial charge in [0, 0.05) is 25.0 Å². The number of hydrogen-bond donors (Lipinski definition) is 2. The van der Waals surface area contributed by atoms with Crippen molar-refractivity contribution in [2.75, 3.05) is 25.5 Å². The van der Waals surface area contributed by atoms with Crippen LogP contribution in [-0.4, -0.2) is 31.1 Å². The quantitative estimate of drug-likeness (QED) is 0.818. The van der Waals surface area contributed by atoms with Gasteiger partial charge < -0.3 is 10.6 Å². The first kappa shape index (κ1) is 11.5. The highest BCUT2D eigenvalue weighted by Gasteiger charge is 2.16. The van der Waals surface area contributed by atoms with E-state index in [2.05, 4.69) is 10.6 Å². The van der Waals surface area contributed by atoms with Crippen LogP contribution >= 0.6 is 0 Å². The van der Waals surface area contributed by atoms with Crippen molar-refractivity contribution >= 4 is 17.8 Å². The average molecular weight is 231 g/mol. The number of amides is 2. The SMILES string of the molecule is CCNC(=O)N(C)C1=Cc2ccccc2NC1. The highest BCUT2D eigenvalue weighted by Crippen LogP contribution is 2.23. The molecule has 2 N–H and O–H groups in total. The fourth-order valence-electron chi connectivity index (χ4n) is 1.82. The Morgan fingerprint density at radius 3 is 3.00 bits per heavy atom. The summed E-state index contributed by atoms with van der Waals surface area (Å²) in [6, 6.07) is 7.99. The molecule has 1 aromatic rings. The van der Waals surface area contributed by atoms with E-state index in [4.69, 9.17) is 0 Å². The van der Waals surface area contributed by atoms with Crippen LogP contribution in [0.25, 0.3) is 6.08 Å². The number of hydrogen-bond acceptors (Lipinski definition) is 2. The number of para-hydroxylation sites is 1. The summed E-state index contributed by atoms with van der Waals surface area (Å²) in [7, 11) is 1.78. The molecule has 4 nitrogen and oxygen atoms in total. The van der Waals surface area contributed by atoms with E-state index < -0.39 is 0 Å². The Morgan fingerprint density at radius 2 is 2.24 bits per heavy atom. The first-order chi connectivity index (χ1) is 8.22. The smallest absolute Gasteiger partial charge is 0.321 e. The largest absolute Gasteiger partial charge is 0.379 e. The van der Waals surface area contributed by atoms with Gasteiger partial charge in [0.05, 0.1) is 6.54 Å². The Kier molecular flexibility index (Phi) is 3.32. The number of rotatable bonds is 2. The molecule has 4 heteroatoms. The molecule has 1 aliphatic rings. The minimum Gasteiger partial charge on any atom is -0.379 e. The van der Waals surface area contributed by atoms with Gasteiger partial charge in [-0.15, -0.1) is 0 Å². The van der Waals surface area contributed by atoms with Crippen LogP contribution in [0.5, 0.6) is 0 Å². The summed E-state index contributed by atoms with van der Waals surface area (Å²) >= 11 is 0. The summed E-state index contributed by atoms with van der Waals surface area (Å²) in [4.78, 5) is 13.3. The van der Waals surface area contributed by atoms with Gasteiger partial charge in [0.2, 0.25) is 0 Å².